The molecule has 1 aromatic heterocycles. The Labute approximate surface area is 189 Å². The molecule has 3 heterocycles. The van der Waals surface area contributed by atoms with Gasteiger partial charge in [0.15, 0.2) is 23.2 Å². The number of fused-ring (bicyclic) bond motifs is 1. The van der Waals surface area contributed by atoms with Crippen LogP contribution in [0.25, 0.3) is 0 Å². The number of nitrogens with one attached hydrogen (secondary N) is 2. The Morgan fingerprint density at radius 2 is 1.88 bits per heavy atom. The minimum atomic E-state index is -0.0638. The molecule has 0 bridgehead atoms. The lowest BCUT2D eigenvalue weighted by molar-refractivity contribution is 0.0513. The molecule has 0 amide bonds. The highest BCUT2D eigenvalue weighted by Gasteiger charge is 2.36. The number of aromatic nitrogens is 1. The van der Waals surface area contributed by atoms with Crippen LogP contribution in [0.4, 0.5) is 0 Å². The van der Waals surface area contributed by atoms with Crippen LogP contribution in [-0.2, 0) is 16.7 Å². The largest absolute Gasteiger partial charge is 0.454 e. The number of nitrogens with zero attached hydrogens (tertiary/aromatic N) is 2. The highest BCUT2D eigenvalue weighted by Crippen LogP contribution is 2.40. The average Bonchev–Trinajstić information content (AvgIpc) is 3.50. The van der Waals surface area contributed by atoms with E-state index in [4.69, 9.17) is 18.7 Å². The van der Waals surface area contributed by atoms with Crippen LogP contribution < -0.4 is 20.1 Å². The van der Waals surface area contributed by atoms with E-state index < -0.39 is 0 Å². The molecular weight excluding hydrogens is 408 g/mol. The van der Waals surface area contributed by atoms with Crippen LogP contribution in [0.1, 0.15) is 62.5 Å². The lowest BCUT2D eigenvalue weighted by atomic mass is 9.74. The summed E-state index contributed by atoms with van der Waals surface area (Å²) in [6.45, 7) is 7.39. The van der Waals surface area contributed by atoms with E-state index in [0.717, 1.165) is 74.4 Å². The first-order valence-corrected chi connectivity index (χ1v) is 11.6. The maximum absolute atomic E-state index is 5.67. The van der Waals surface area contributed by atoms with Gasteiger partial charge in [-0.1, -0.05) is 25.1 Å². The maximum Gasteiger partial charge on any atom is 0.231 e. The molecule has 0 spiro atoms. The summed E-state index contributed by atoms with van der Waals surface area (Å²) in [6, 6.07) is 8.30. The number of benzene rings is 1. The second kappa shape index (κ2) is 10.3. The van der Waals surface area contributed by atoms with Crippen molar-refractivity contribution in [2.75, 3.05) is 33.6 Å². The molecule has 1 aromatic carbocycles. The Bertz CT molecular complexity index is 916. The van der Waals surface area contributed by atoms with Crippen LogP contribution in [0.15, 0.2) is 33.8 Å². The van der Waals surface area contributed by atoms with Gasteiger partial charge in [-0.25, -0.2) is 0 Å². The van der Waals surface area contributed by atoms with Crippen LogP contribution in [0.3, 0.4) is 0 Å². The molecule has 0 saturated carbocycles. The van der Waals surface area contributed by atoms with E-state index in [1.54, 1.807) is 7.05 Å². The summed E-state index contributed by atoms with van der Waals surface area (Å²) in [5, 5.41) is 11.1. The van der Waals surface area contributed by atoms with Crippen molar-refractivity contribution in [2.45, 2.75) is 57.4 Å². The maximum atomic E-state index is 5.67. The number of aliphatic imine (C=N–C) groups is 1. The van der Waals surface area contributed by atoms with Gasteiger partial charge in [-0.2, -0.15) is 0 Å². The van der Waals surface area contributed by atoms with Gasteiger partial charge in [0.25, 0.3) is 0 Å². The van der Waals surface area contributed by atoms with Crippen molar-refractivity contribution in [3.05, 3.63) is 41.3 Å². The van der Waals surface area contributed by atoms with Gasteiger partial charge in [-0.05, 0) is 43.4 Å². The predicted octanol–water partition coefficient (Wildman–Crippen LogP) is 3.72. The van der Waals surface area contributed by atoms with Crippen LogP contribution >= 0.6 is 0 Å². The molecule has 0 radical (unpaired) electrons. The fraction of sp³-hybridized carbons (Fsp3) is 0.583. The van der Waals surface area contributed by atoms with Gasteiger partial charge in [0.2, 0.25) is 6.79 Å². The second-order valence-corrected chi connectivity index (χ2v) is 8.47. The summed E-state index contributed by atoms with van der Waals surface area (Å²) in [5.74, 6) is 3.61. The summed E-state index contributed by atoms with van der Waals surface area (Å²) in [5.41, 5.74) is 2.20. The van der Waals surface area contributed by atoms with Crippen LogP contribution in [0, 0.1) is 0 Å². The van der Waals surface area contributed by atoms with E-state index in [9.17, 15) is 0 Å². The van der Waals surface area contributed by atoms with Gasteiger partial charge in [0.1, 0.15) is 0 Å². The van der Waals surface area contributed by atoms with Gasteiger partial charge < -0.3 is 29.4 Å². The molecule has 174 valence electrons. The minimum Gasteiger partial charge on any atom is -0.454 e. The summed E-state index contributed by atoms with van der Waals surface area (Å²) in [7, 11) is 1.78. The van der Waals surface area contributed by atoms with E-state index >= 15 is 0 Å². The third kappa shape index (κ3) is 4.85. The highest BCUT2D eigenvalue weighted by molar-refractivity contribution is 5.79. The van der Waals surface area contributed by atoms with Crippen molar-refractivity contribution in [1.29, 1.82) is 0 Å². The first-order valence-electron chi connectivity index (χ1n) is 11.6. The molecule has 2 aromatic rings. The zero-order chi connectivity index (χ0) is 22.4. The monoisotopic (exact) mass is 442 g/mol. The van der Waals surface area contributed by atoms with E-state index in [1.807, 2.05) is 12.1 Å². The molecule has 2 N–H and O–H groups in total. The van der Waals surface area contributed by atoms with Crippen molar-refractivity contribution >= 4 is 5.96 Å². The molecular formula is C24H34N4O4. The molecule has 2 aliphatic rings. The number of guanidine groups is 1. The lowest BCUT2D eigenvalue weighted by Gasteiger charge is -2.38. The van der Waals surface area contributed by atoms with Crippen LogP contribution in [0.2, 0.25) is 0 Å². The minimum absolute atomic E-state index is 0.0638. The van der Waals surface area contributed by atoms with Gasteiger partial charge in [-0.15, -0.1) is 0 Å². The van der Waals surface area contributed by atoms with E-state index in [-0.39, 0.29) is 12.2 Å². The number of hydrogen-bond donors (Lipinski definition) is 2. The molecule has 1 saturated heterocycles. The molecule has 8 heteroatoms. The molecule has 8 nitrogen and oxygen atoms in total. The Balaban J connectivity index is 1.40. The van der Waals surface area contributed by atoms with Crippen molar-refractivity contribution in [3.63, 3.8) is 0 Å². The molecule has 32 heavy (non-hydrogen) atoms. The Morgan fingerprint density at radius 1 is 1.09 bits per heavy atom. The van der Waals surface area contributed by atoms with Gasteiger partial charge in [0.05, 0.1) is 12.2 Å². The zero-order valence-corrected chi connectivity index (χ0v) is 19.3. The fourth-order valence-electron chi connectivity index (χ4n) is 4.51. The zero-order valence-electron chi connectivity index (χ0n) is 19.3. The Kier molecular flexibility index (Phi) is 7.19. The topological polar surface area (TPSA) is 90.1 Å². The van der Waals surface area contributed by atoms with Gasteiger partial charge in [0, 0.05) is 44.2 Å². The summed E-state index contributed by atoms with van der Waals surface area (Å²) >= 11 is 0. The first-order chi connectivity index (χ1) is 15.7. The molecule has 0 aliphatic carbocycles. The van der Waals surface area contributed by atoms with Crippen molar-refractivity contribution in [3.8, 4) is 11.5 Å². The predicted molar refractivity (Wildman–Crippen MR) is 122 cm³/mol. The smallest absolute Gasteiger partial charge is 0.231 e. The molecule has 0 unspecified atom stereocenters. The SMILES string of the molecule is CCC(CC)c1cc(CNC(=NC)NCC2(c3ccc4c(c3)OCO4)CCOCC2)on1. The average molecular weight is 443 g/mol. The van der Waals surface area contributed by atoms with Gasteiger partial charge >= 0.3 is 0 Å². The van der Waals surface area contributed by atoms with Crippen molar-refractivity contribution in [1.82, 2.24) is 15.8 Å². The summed E-state index contributed by atoms with van der Waals surface area (Å²) in [4.78, 5) is 4.40. The molecule has 1 fully saturated rings. The fourth-order valence-corrected chi connectivity index (χ4v) is 4.51. The van der Waals surface area contributed by atoms with E-state index in [2.05, 4.69) is 46.8 Å². The third-order valence-electron chi connectivity index (χ3n) is 6.66. The number of hydrogen-bond acceptors (Lipinski definition) is 6. The van der Waals surface area contributed by atoms with Gasteiger partial charge in [-0.3, -0.25) is 4.99 Å². The normalized spacial score (nSPS) is 17.6. The third-order valence-corrected chi connectivity index (χ3v) is 6.66. The molecule has 2 aliphatic heterocycles. The van der Waals surface area contributed by atoms with E-state index in [1.165, 1.54) is 5.56 Å². The first kappa shape index (κ1) is 22.5. The molecule has 4 rings (SSSR count). The standard InChI is InChI=1S/C24H34N4O4/c1-4-17(5-2)20-13-19(32-28-20)14-26-23(25-3)27-15-24(8-10-29-11-9-24)18-6-7-21-22(12-18)31-16-30-21/h6-7,12-13,17H,4-5,8-11,14-16H2,1-3H3,(H2,25,26,27). The van der Waals surface area contributed by atoms with Crippen LogP contribution in [-0.4, -0.2) is 44.7 Å². The Hall–Kier alpha value is -2.74. The Morgan fingerprint density at radius 3 is 2.62 bits per heavy atom. The number of rotatable bonds is 8. The highest BCUT2D eigenvalue weighted by atomic mass is 16.7. The molecule has 0 atom stereocenters. The van der Waals surface area contributed by atoms with Crippen molar-refractivity contribution < 1.29 is 18.7 Å². The van der Waals surface area contributed by atoms with Crippen molar-refractivity contribution in [2.24, 2.45) is 4.99 Å². The van der Waals surface area contributed by atoms with E-state index in [0.29, 0.717) is 12.5 Å². The summed E-state index contributed by atoms with van der Waals surface area (Å²) in [6.07, 6.45) is 3.98. The lowest BCUT2D eigenvalue weighted by Crippen LogP contribution is -2.47. The second-order valence-electron chi connectivity index (χ2n) is 8.47. The number of ether oxygens (including phenoxy) is 3. The van der Waals surface area contributed by atoms with Crippen LogP contribution in [0.5, 0.6) is 11.5 Å². The summed E-state index contributed by atoms with van der Waals surface area (Å²) < 4.78 is 22.3. The quantitative estimate of drug-likeness (QED) is 0.476.